The molecule has 0 spiro atoms. The average Bonchev–Trinajstić information content (AvgIpc) is 3.26. The van der Waals surface area contributed by atoms with Gasteiger partial charge in [0, 0.05) is 31.1 Å². The molecule has 0 amide bonds. The van der Waals surface area contributed by atoms with E-state index < -0.39 is 0 Å². The third-order valence-electron chi connectivity index (χ3n) is 5.71. The Hall–Kier alpha value is -1.57. The van der Waals surface area contributed by atoms with Crippen LogP contribution in [-0.2, 0) is 19.4 Å². The summed E-state index contributed by atoms with van der Waals surface area (Å²) in [5.41, 5.74) is 2.49. The van der Waals surface area contributed by atoms with Crippen molar-refractivity contribution in [2.75, 3.05) is 32.7 Å². The van der Waals surface area contributed by atoms with Crippen molar-refractivity contribution in [1.29, 1.82) is 0 Å². The number of piperazine rings is 1. The van der Waals surface area contributed by atoms with Gasteiger partial charge in [0.2, 0.25) is 0 Å². The first-order valence-corrected chi connectivity index (χ1v) is 10.2. The zero-order valence-corrected chi connectivity index (χ0v) is 15.6. The van der Waals surface area contributed by atoms with Crippen LogP contribution in [0.15, 0.2) is 6.33 Å². The number of likely N-dealkylation sites (N-methyl/N-ethyl adjacent to an activating group) is 1. The van der Waals surface area contributed by atoms with Crippen molar-refractivity contribution >= 4 is 27.2 Å². The summed E-state index contributed by atoms with van der Waals surface area (Å²) in [6.45, 7) is 8.79. The second kappa shape index (κ2) is 6.30. The van der Waals surface area contributed by atoms with Crippen LogP contribution in [0.5, 0.6) is 0 Å². The smallest absolute Gasteiger partial charge is 0.172 e. The minimum absolute atomic E-state index is 0.880. The van der Waals surface area contributed by atoms with Gasteiger partial charge in [-0.05, 0) is 37.8 Å². The number of nitrogens with zero attached hydrogens (tertiary/aromatic N) is 6. The van der Waals surface area contributed by atoms with Gasteiger partial charge in [0.05, 0.1) is 11.9 Å². The van der Waals surface area contributed by atoms with Crippen molar-refractivity contribution in [3.63, 3.8) is 0 Å². The Balaban J connectivity index is 1.53. The second-order valence-electron chi connectivity index (χ2n) is 7.15. The molecular weight excluding hydrogens is 332 g/mol. The molecule has 6 nitrogen and oxygen atoms in total. The number of hydrogen-bond donors (Lipinski definition) is 0. The number of rotatable bonds is 3. The van der Waals surface area contributed by atoms with Gasteiger partial charge in [0.1, 0.15) is 17.0 Å². The SMILES string of the molecule is CCN1CCN(Cc2nc3sc4c(c3c3nncn23)CCCC4)CC1. The first-order valence-electron chi connectivity index (χ1n) is 9.41. The van der Waals surface area contributed by atoms with Crippen LogP contribution in [0.3, 0.4) is 0 Å². The second-order valence-corrected chi connectivity index (χ2v) is 8.24. The van der Waals surface area contributed by atoms with Crippen molar-refractivity contribution in [3.8, 4) is 0 Å². The Morgan fingerprint density at radius 3 is 2.72 bits per heavy atom. The fourth-order valence-electron chi connectivity index (χ4n) is 4.20. The highest BCUT2D eigenvalue weighted by atomic mass is 32.1. The summed E-state index contributed by atoms with van der Waals surface area (Å²) in [6, 6.07) is 0. The molecule has 25 heavy (non-hydrogen) atoms. The minimum Gasteiger partial charge on any atom is -0.301 e. The van der Waals surface area contributed by atoms with Crippen LogP contribution >= 0.6 is 11.3 Å². The van der Waals surface area contributed by atoms with Gasteiger partial charge in [-0.15, -0.1) is 21.5 Å². The molecule has 1 aliphatic heterocycles. The Morgan fingerprint density at radius 1 is 1.08 bits per heavy atom. The first kappa shape index (κ1) is 15.7. The van der Waals surface area contributed by atoms with Crippen LogP contribution in [0.25, 0.3) is 15.9 Å². The molecule has 1 fully saturated rings. The Kier molecular flexibility index (Phi) is 3.95. The Morgan fingerprint density at radius 2 is 1.88 bits per heavy atom. The molecule has 4 heterocycles. The number of aryl methyl sites for hydroxylation is 2. The van der Waals surface area contributed by atoms with Crippen LogP contribution in [0.1, 0.15) is 36.0 Å². The van der Waals surface area contributed by atoms with E-state index in [2.05, 4.69) is 31.3 Å². The maximum Gasteiger partial charge on any atom is 0.172 e. The molecule has 7 heteroatoms. The highest BCUT2D eigenvalue weighted by Crippen LogP contribution is 2.37. The minimum atomic E-state index is 0.880. The topological polar surface area (TPSA) is 49.6 Å². The third kappa shape index (κ3) is 2.65. The molecular formula is C18H24N6S. The van der Waals surface area contributed by atoms with Crippen molar-refractivity contribution in [2.24, 2.45) is 0 Å². The van der Waals surface area contributed by atoms with E-state index in [4.69, 9.17) is 4.98 Å². The molecule has 1 aliphatic carbocycles. The van der Waals surface area contributed by atoms with Gasteiger partial charge in [-0.3, -0.25) is 9.30 Å². The molecule has 0 atom stereocenters. The molecule has 0 saturated carbocycles. The number of hydrogen-bond acceptors (Lipinski definition) is 6. The van der Waals surface area contributed by atoms with E-state index in [0.717, 1.165) is 62.0 Å². The van der Waals surface area contributed by atoms with E-state index in [9.17, 15) is 0 Å². The van der Waals surface area contributed by atoms with E-state index in [1.165, 1.54) is 35.1 Å². The molecule has 2 aliphatic rings. The predicted molar refractivity (Wildman–Crippen MR) is 100 cm³/mol. The van der Waals surface area contributed by atoms with Gasteiger partial charge in [-0.2, -0.15) is 0 Å². The number of thiophene rings is 1. The van der Waals surface area contributed by atoms with Gasteiger partial charge < -0.3 is 4.90 Å². The molecule has 3 aromatic rings. The van der Waals surface area contributed by atoms with Crippen LogP contribution in [-0.4, -0.2) is 62.1 Å². The average molecular weight is 356 g/mol. The molecule has 1 saturated heterocycles. The summed E-state index contributed by atoms with van der Waals surface area (Å²) in [6.07, 6.45) is 6.79. The van der Waals surface area contributed by atoms with Gasteiger partial charge in [-0.25, -0.2) is 4.98 Å². The van der Waals surface area contributed by atoms with Gasteiger partial charge >= 0.3 is 0 Å². The quantitative estimate of drug-likeness (QED) is 0.721. The first-order chi connectivity index (χ1) is 12.3. The van der Waals surface area contributed by atoms with Crippen LogP contribution in [0.4, 0.5) is 0 Å². The van der Waals surface area contributed by atoms with Crippen molar-refractivity contribution < 1.29 is 0 Å². The Labute approximate surface area is 151 Å². The van der Waals surface area contributed by atoms with Gasteiger partial charge in [0.25, 0.3) is 0 Å². The zero-order valence-electron chi connectivity index (χ0n) is 14.7. The van der Waals surface area contributed by atoms with E-state index >= 15 is 0 Å². The van der Waals surface area contributed by atoms with E-state index in [1.807, 2.05) is 17.7 Å². The van der Waals surface area contributed by atoms with Crippen LogP contribution in [0, 0.1) is 0 Å². The lowest BCUT2D eigenvalue weighted by molar-refractivity contribution is 0.129. The maximum atomic E-state index is 5.06. The number of fused-ring (bicyclic) bond motifs is 5. The van der Waals surface area contributed by atoms with Crippen LogP contribution < -0.4 is 0 Å². The normalized spacial score (nSPS) is 19.7. The molecule has 0 N–H and O–H groups in total. The van der Waals surface area contributed by atoms with Crippen molar-refractivity contribution in [1.82, 2.24) is 29.4 Å². The molecule has 0 aromatic carbocycles. The fraction of sp³-hybridized carbons (Fsp3) is 0.611. The lowest BCUT2D eigenvalue weighted by atomic mass is 9.97. The molecule has 0 bridgehead atoms. The lowest BCUT2D eigenvalue weighted by Gasteiger charge is -2.33. The molecule has 5 rings (SSSR count). The molecule has 0 unspecified atom stereocenters. The van der Waals surface area contributed by atoms with E-state index in [0.29, 0.717) is 0 Å². The summed E-state index contributed by atoms with van der Waals surface area (Å²) in [4.78, 5) is 12.8. The standard InChI is InChI=1S/C18H24N6S/c1-2-22-7-9-23(10-8-22)11-15-20-18-16(17-21-19-12-24(15)17)13-5-3-4-6-14(13)25-18/h12H,2-11H2,1H3. The summed E-state index contributed by atoms with van der Waals surface area (Å²) in [5, 5.41) is 9.93. The lowest BCUT2D eigenvalue weighted by Crippen LogP contribution is -2.45. The van der Waals surface area contributed by atoms with Crippen molar-refractivity contribution in [2.45, 2.75) is 39.2 Å². The summed E-state index contributed by atoms with van der Waals surface area (Å²) in [7, 11) is 0. The Bertz CT molecular complexity index is 905. The largest absolute Gasteiger partial charge is 0.301 e. The predicted octanol–water partition coefficient (Wildman–Crippen LogP) is 2.36. The molecule has 3 aromatic heterocycles. The summed E-state index contributed by atoms with van der Waals surface area (Å²) >= 11 is 1.88. The highest BCUT2D eigenvalue weighted by molar-refractivity contribution is 7.19. The fourth-order valence-corrected chi connectivity index (χ4v) is 5.48. The summed E-state index contributed by atoms with van der Waals surface area (Å²) < 4.78 is 2.12. The van der Waals surface area contributed by atoms with Crippen molar-refractivity contribution in [3.05, 3.63) is 22.6 Å². The highest BCUT2D eigenvalue weighted by Gasteiger charge is 2.23. The summed E-state index contributed by atoms with van der Waals surface area (Å²) in [5.74, 6) is 1.08. The molecule has 0 radical (unpaired) electrons. The van der Waals surface area contributed by atoms with E-state index in [1.54, 1.807) is 0 Å². The monoisotopic (exact) mass is 356 g/mol. The van der Waals surface area contributed by atoms with Crippen LogP contribution in [0.2, 0.25) is 0 Å². The van der Waals surface area contributed by atoms with Gasteiger partial charge in [-0.1, -0.05) is 6.92 Å². The van der Waals surface area contributed by atoms with E-state index in [-0.39, 0.29) is 0 Å². The van der Waals surface area contributed by atoms with Gasteiger partial charge in [0.15, 0.2) is 5.65 Å². The maximum absolute atomic E-state index is 5.06. The third-order valence-corrected chi connectivity index (χ3v) is 6.90. The molecule has 132 valence electrons. The zero-order chi connectivity index (χ0) is 16.8. The number of aromatic nitrogens is 4.